The molecule has 0 radical (unpaired) electrons. The second kappa shape index (κ2) is 6.87. The maximum atomic E-state index is 12.3. The molecule has 1 rings (SSSR count). The summed E-state index contributed by atoms with van der Waals surface area (Å²) in [6.45, 7) is -0.668. The predicted octanol–water partition coefficient (Wildman–Crippen LogP) is 0.0895. The highest BCUT2D eigenvalue weighted by Crippen LogP contribution is 2.23. The third-order valence-corrected chi connectivity index (χ3v) is 6.30. The van der Waals surface area contributed by atoms with Crippen LogP contribution in [0.2, 0.25) is 0 Å². The van der Waals surface area contributed by atoms with Crippen molar-refractivity contribution in [2.45, 2.75) is 16.4 Å². The summed E-state index contributed by atoms with van der Waals surface area (Å²) in [7, 11) is -4.13. The number of sulfone groups is 2. The van der Waals surface area contributed by atoms with Gasteiger partial charge in [-0.25, -0.2) is 16.8 Å². The maximum absolute atomic E-state index is 12.3. The zero-order valence-corrected chi connectivity index (χ0v) is 15.2. The molecular formula is C13H18N2O7S2. The van der Waals surface area contributed by atoms with Crippen molar-refractivity contribution in [1.29, 1.82) is 0 Å². The molecule has 1 aromatic rings. The van der Waals surface area contributed by atoms with Crippen molar-refractivity contribution >= 4 is 30.2 Å². The fourth-order valence-electron chi connectivity index (χ4n) is 1.71. The monoisotopic (exact) mass is 378 g/mol. The van der Waals surface area contributed by atoms with Crippen molar-refractivity contribution in [2.75, 3.05) is 28.2 Å². The fourth-order valence-corrected chi connectivity index (χ4v) is 4.33. The third-order valence-electron chi connectivity index (χ3n) is 2.93. The Morgan fingerprint density at radius 2 is 1.17 bits per heavy atom. The molecule has 0 atom stereocenters. The standard InChI is InChI=1S/C13H18N2O7S2/c1-14(2)12(17)23(19,20)10-5-9(8-16)6-11(7-10)24(21,22)13(18)15(3)4/h5-7,16H,8H2,1-4H3. The van der Waals surface area contributed by atoms with E-state index >= 15 is 0 Å². The van der Waals surface area contributed by atoms with Crippen molar-refractivity contribution in [3.8, 4) is 0 Å². The zero-order valence-electron chi connectivity index (χ0n) is 13.5. The van der Waals surface area contributed by atoms with Crippen LogP contribution in [-0.2, 0) is 26.3 Å². The van der Waals surface area contributed by atoms with Crippen LogP contribution in [0.25, 0.3) is 0 Å². The third kappa shape index (κ3) is 3.74. The summed E-state index contributed by atoms with van der Waals surface area (Å²) in [5.74, 6) is 0. The van der Waals surface area contributed by atoms with Crippen LogP contribution in [0.3, 0.4) is 0 Å². The van der Waals surface area contributed by atoms with Crippen molar-refractivity contribution in [2.24, 2.45) is 0 Å². The summed E-state index contributed by atoms with van der Waals surface area (Å²) in [4.78, 5) is 24.1. The maximum Gasteiger partial charge on any atom is 0.343 e. The molecule has 11 heteroatoms. The van der Waals surface area contributed by atoms with E-state index in [1.54, 1.807) is 0 Å². The molecule has 2 amide bonds. The van der Waals surface area contributed by atoms with E-state index in [0.29, 0.717) is 0 Å². The molecule has 0 saturated heterocycles. The van der Waals surface area contributed by atoms with Crippen LogP contribution < -0.4 is 0 Å². The molecule has 1 N–H and O–H groups in total. The number of hydrogen-bond acceptors (Lipinski definition) is 7. The van der Waals surface area contributed by atoms with E-state index in [4.69, 9.17) is 0 Å². The number of rotatable bonds is 3. The lowest BCUT2D eigenvalue weighted by Crippen LogP contribution is -2.30. The first-order chi connectivity index (χ1) is 10.9. The Balaban J connectivity index is 3.66. The molecule has 1 aromatic carbocycles. The molecule has 0 aliphatic rings. The number of amides is 2. The lowest BCUT2D eigenvalue weighted by molar-refractivity contribution is 0.238. The first-order valence-electron chi connectivity index (χ1n) is 6.53. The number of nitrogens with zero attached hydrogens (tertiary/aromatic N) is 2. The molecular weight excluding hydrogens is 360 g/mol. The van der Waals surface area contributed by atoms with Gasteiger partial charge in [0, 0.05) is 28.2 Å². The van der Waals surface area contributed by atoms with Crippen molar-refractivity contribution in [3.05, 3.63) is 23.8 Å². The predicted molar refractivity (Wildman–Crippen MR) is 84.9 cm³/mol. The van der Waals surface area contributed by atoms with E-state index in [1.807, 2.05) is 0 Å². The molecule has 0 saturated carbocycles. The van der Waals surface area contributed by atoms with E-state index in [-0.39, 0.29) is 5.56 Å². The van der Waals surface area contributed by atoms with Crippen LogP contribution in [0.15, 0.2) is 28.0 Å². The summed E-state index contributed by atoms with van der Waals surface area (Å²) in [5.41, 5.74) is -0.0623. The minimum absolute atomic E-state index is 0.0623. The summed E-state index contributed by atoms with van der Waals surface area (Å²) < 4.78 is 49.0. The van der Waals surface area contributed by atoms with Crippen molar-refractivity contribution in [1.82, 2.24) is 9.80 Å². The van der Waals surface area contributed by atoms with Crippen molar-refractivity contribution in [3.63, 3.8) is 0 Å². The minimum Gasteiger partial charge on any atom is -0.392 e. The Hall–Kier alpha value is -1.98. The topological polar surface area (TPSA) is 129 Å². The van der Waals surface area contributed by atoms with Gasteiger partial charge in [-0.2, -0.15) is 0 Å². The van der Waals surface area contributed by atoms with Crippen LogP contribution in [0.1, 0.15) is 5.56 Å². The van der Waals surface area contributed by atoms with Gasteiger partial charge in [0.2, 0.25) is 0 Å². The Morgan fingerprint density at radius 3 is 1.42 bits per heavy atom. The molecule has 0 spiro atoms. The Bertz CT molecular complexity index is 803. The molecule has 0 aromatic heterocycles. The van der Waals surface area contributed by atoms with Gasteiger partial charge in [0.25, 0.3) is 19.7 Å². The van der Waals surface area contributed by atoms with Gasteiger partial charge in [-0.3, -0.25) is 9.59 Å². The lowest BCUT2D eigenvalue weighted by Gasteiger charge is -2.14. The number of aliphatic hydroxyl groups excluding tert-OH is 1. The Kier molecular flexibility index (Phi) is 5.74. The highest BCUT2D eigenvalue weighted by Gasteiger charge is 2.32. The molecule has 0 fully saturated rings. The number of aliphatic hydroxyl groups is 1. The summed E-state index contributed by atoms with van der Waals surface area (Å²) in [6.07, 6.45) is 0. The number of carbonyl (C=O) groups is 2. The van der Waals surface area contributed by atoms with Gasteiger partial charge >= 0.3 is 10.5 Å². The normalized spacial score (nSPS) is 11.9. The van der Waals surface area contributed by atoms with E-state index in [0.717, 1.165) is 28.0 Å². The zero-order chi connectivity index (χ0) is 18.9. The van der Waals surface area contributed by atoms with Crippen LogP contribution in [0.4, 0.5) is 9.59 Å². The molecule has 0 aliphatic heterocycles. The second-order valence-corrected chi connectivity index (χ2v) is 8.95. The smallest absolute Gasteiger partial charge is 0.343 e. The largest absolute Gasteiger partial charge is 0.392 e. The second-order valence-electron chi connectivity index (χ2n) is 5.30. The van der Waals surface area contributed by atoms with Crippen LogP contribution in [0, 0.1) is 0 Å². The van der Waals surface area contributed by atoms with E-state index in [9.17, 15) is 31.5 Å². The highest BCUT2D eigenvalue weighted by atomic mass is 32.2. The van der Waals surface area contributed by atoms with Crippen LogP contribution >= 0.6 is 0 Å². The van der Waals surface area contributed by atoms with Gasteiger partial charge in [-0.15, -0.1) is 0 Å². The quantitative estimate of drug-likeness (QED) is 0.789. The molecule has 0 aliphatic carbocycles. The van der Waals surface area contributed by atoms with Gasteiger partial charge in [0.1, 0.15) is 0 Å². The van der Waals surface area contributed by atoms with Gasteiger partial charge in [0.05, 0.1) is 16.4 Å². The summed E-state index contributed by atoms with van der Waals surface area (Å²) in [6, 6.07) is 2.69. The molecule has 134 valence electrons. The Morgan fingerprint density at radius 1 is 0.833 bits per heavy atom. The van der Waals surface area contributed by atoms with Gasteiger partial charge < -0.3 is 14.9 Å². The number of benzene rings is 1. The first kappa shape index (κ1) is 20.1. The van der Waals surface area contributed by atoms with Gasteiger partial charge in [-0.05, 0) is 23.8 Å². The lowest BCUT2D eigenvalue weighted by atomic mass is 10.2. The molecule has 9 nitrogen and oxygen atoms in total. The van der Waals surface area contributed by atoms with E-state index in [1.165, 1.54) is 28.2 Å². The van der Waals surface area contributed by atoms with Gasteiger partial charge in [-0.1, -0.05) is 0 Å². The molecule has 24 heavy (non-hydrogen) atoms. The van der Waals surface area contributed by atoms with Crippen LogP contribution in [-0.4, -0.2) is 70.4 Å². The molecule has 0 unspecified atom stereocenters. The van der Waals surface area contributed by atoms with E-state index < -0.39 is 46.6 Å². The SMILES string of the molecule is CN(C)C(=O)S(=O)(=O)c1cc(CO)cc(S(=O)(=O)C(=O)N(C)C)c1. The number of carbonyl (C=O) groups excluding carboxylic acids is 2. The highest BCUT2D eigenvalue weighted by molar-refractivity contribution is 8.06. The molecule has 0 bridgehead atoms. The minimum atomic E-state index is -4.51. The summed E-state index contributed by atoms with van der Waals surface area (Å²) >= 11 is 0. The van der Waals surface area contributed by atoms with Crippen molar-refractivity contribution < 1.29 is 31.5 Å². The molecule has 0 heterocycles. The fraction of sp³-hybridized carbons (Fsp3) is 0.385. The summed E-state index contributed by atoms with van der Waals surface area (Å²) in [5, 5.41) is 6.73. The van der Waals surface area contributed by atoms with Crippen LogP contribution in [0.5, 0.6) is 0 Å². The average molecular weight is 378 g/mol. The first-order valence-corrected chi connectivity index (χ1v) is 9.50. The van der Waals surface area contributed by atoms with E-state index in [2.05, 4.69) is 0 Å². The van der Waals surface area contributed by atoms with Gasteiger partial charge in [0.15, 0.2) is 0 Å². The number of hydrogen-bond donors (Lipinski definition) is 1. The Labute approximate surface area is 140 Å². The average Bonchev–Trinajstić information content (AvgIpc) is 2.52.